The number of ether oxygens (including phenoxy) is 1. The predicted octanol–water partition coefficient (Wildman–Crippen LogP) is 4.61. The first-order chi connectivity index (χ1) is 15.3. The highest BCUT2D eigenvalue weighted by Gasteiger charge is 2.26. The molecule has 2 amide bonds. The van der Waals surface area contributed by atoms with E-state index < -0.39 is 5.60 Å². The fraction of sp³-hybridized carbons (Fsp3) is 0.462. The summed E-state index contributed by atoms with van der Waals surface area (Å²) in [6, 6.07) is 16.6. The molecule has 0 aliphatic carbocycles. The number of benzene rings is 2. The van der Waals surface area contributed by atoms with E-state index in [1.165, 1.54) is 5.56 Å². The number of aryl methyl sites for hydroxylation is 1. The van der Waals surface area contributed by atoms with Crippen LogP contribution in [0.5, 0.6) is 0 Å². The van der Waals surface area contributed by atoms with Crippen molar-refractivity contribution in [2.45, 2.75) is 52.2 Å². The fourth-order valence-electron chi connectivity index (χ4n) is 4.37. The molecule has 4 rings (SSSR count). The number of fused-ring (bicyclic) bond motifs is 1. The number of rotatable bonds is 3. The summed E-state index contributed by atoms with van der Waals surface area (Å²) >= 11 is 0. The molecular weight excluding hydrogens is 402 g/mol. The maximum Gasteiger partial charge on any atom is 0.410 e. The first-order valence-corrected chi connectivity index (χ1v) is 11.5. The highest BCUT2D eigenvalue weighted by molar-refractivity contribution is 5.94. The van der Waals surface area contributed by atoms with Gasteiger partial charge in [-0.05, 0) is 62.9 Å². The minimum Gasteiger partial charge on any atom is -0.444 e. The minimum atomic E-state index is -0.480. The van der Waals surface area contributed by atoms with E-state index in [2.05, 4.69) is 41.3 Å². The lowest BCUT2D eigenvalue weighted by Gasteiger charge is -2.37. The van der Waals surface area contributed by atoms with Gasteiger partial charge in [0.2, 0.25) is 5.91 Å². The molecule has 170 valence electrons. The highest BCUT2D eigenvalue weighted by Crippen LogP contribution is 2.29. The van der Waals surface area contributed by atoms with Crippen LogP contribution in [-0.4, -0.2) is 48.7 Å². The van der Waals surface area contributed by atoms with E-state index in [9.17, 15) is 9.59 Å². The predicted molar refractivity (Wildman–Crippen MR) is 127 cm³/mol. The summed E-state index contributed by atoms with van der Waals surface area (Å²) in [5.74, 6) is 0.186. The number of anilines is 2. The molecule has 0 spiro atoms. The SMILES string of the molecule is CC(C)(C)OC(=O)N1CCN(c2cccc(CN3C(=O)CCCc4ccccc43)c2)CC1. The normalized spacial score (nSPS) is 17.1. The molecule has 2 heterocycles. The van der Waals surface area contributed by atoms with Gasteiger partial charge in [0.1, 0.15) is 5.60 Å². The van der Waals surface area contributed by atoms with Crippen LogP contribution in [-0.2, 0) is 22.5 Å². The topological polar surface area (TPSA) is 53.1 Å². The van der Waals surface area contributed by atoms with Crippen molar-refractivity contribution in [3.8, 4) is 0 Å². The molecule has 0 radical (unpaired) electrons. The van der Waals surface area contributed by atoms with Gasteiger partial charge in [0.15, 0.2) is 0 Å². The Morgan fingerprint density at radius 3 is 2.47 bits per heavy atom. The zero-order valence-electron chi connectivity index (χ0n) is 19.3. The van der Waals surface area contributed by atoms with Crippen LogP contribution in [0, 0.1) is 0 Å². The Balaban J connectivity index is 1.44. The molecule has 6 nitrogen and oxygen atoms in total. The molecule has 2 aromatic carbocycles. The molecule has 0 unspecified atom stereocenters. The number of amides is 2. The van der Waals surface area contributed by atoms with E-state index in [1.807, 2.05) is 37.8 Å². The van der Waals surface area contributed by atoms with Gasteiger partial charge in [0, 0.05) is 44.0 Å². The van der Waals surface area contributed by atoms with Gasteiger partial charge in [-0.3, -0.25) is 4.79 Å². The molecule has 0 aromatic heterocycles. The van der Waals surface area contributed by atoms with Crippen molar-refractivity contribution in [3.05, 3.63) is 59.7 Å². The lowest BCUT2D eigenvalue weighted by atomic mass is 10.1. The molecule has 6 heteroatoms. The molecule has 0 bridgehead atoms. The van der Waals surface area contributed by atoms with Crippen LogP contribution in [0.4, 0.5) is 16.2 Å². The average molecular weight is 436 g/mol. The van der Waals surface area contributed by atoms with Crippen LogP contribution in [0.3, 0.4) is 0 Å². The van der Waals surface area contributed by atoms with Gasteiger partial charge in [-0.15, -0.1) is 0 Å². The van der Waals surface area contributed by atoms with E-state index >= 15 is 0 Å². The quantitative estimate of drug-likeness (QED) is 0.706. The zero-order valence-corrected chi connectivity index (χ0v) is 19.3. The van der Waals surface area contributed by atoms with Crippen LogP contribution >= 0.6 is 0 Å². The number of hydrogen-bond donors (Lipinski definition) is 0. The Hall–Kier alpha value is -3.02. The van der Waals surface area contributed by atoms with Gasteiger partial charge >= 0.3 is 6.09 Å². The fourth-order valence-corrected chi connectivity index (χ4v) is 4.37. The summed E-state index contributed by atoms with van der Waals surface area (Å²) in [5.41, 5.74) is 4.04. The van der Waals surface area contributed by atoms with Crippen molar-refractivity contribution in [2.75, 3.05) is 36.0 Å². The number of para-hydroxylation sites is 1. The van der Waals surface area contributed by atoms with E-state index in [1.54, 1.807) is 4.90 Å². The minimum absolute atomic E-state index is 0.186. The molecule has 1 fully saturated rings. The Labute approximate surface area is 190 Å². The molecule has 2 aliphatic rings. The summed E-state index contributed by atoms with van der Waals surface area (Å²) in [6.07, 6.45) is 2.18. The maximum atomic E-state index is 12.8. The lowest BCUT2D eigenvalue weighted by Crippen LogP contribution is -2.50. The first kappa shape index (κ1) is 22.2. The summed E-state index contributed by atoms with van der Waals surface area (Å²) in [4.78, 5) is 31.2. The van der Waals surface area contributed by atoms with Crippen molar-refractivity contribution in [1.82, 2.24) is 4.90 Å². The molecular formula is C26H33N3O3. The molecule has 0 saturated carbocycles. The van der Waals surface area contributed by atoms with E-state index in [0.29, 0.717) is 26.1 Å². The highest BCUT2D eigenvalue weighted by atomic mass is 16.6. The van der Waals surface area contributed by atoms with Crippen LogP contribution in [0.1, 0.15) is 44.7 Å². The Morgan fingerprint density at radius 1 is 0.969 bits per heavy atom. The number of nitrogens with zero attached hydrogens (tertiary/aromatic N) is 3. The Bertz CT molecular complexity index is 974. The lowest BCUT2D eigenvalue weighted by molar-refractivity contribution is -0.118. The average Bonchev–Trinajstić information content (AvgIpc) is 2.92. The van der Waals surface area contributed by atoms with E-state index in [0.717, 1.165) is 42.9 Å². The number of carbonyl (C=O) groups is 2. The molecule has 1 saturated heterocycles. The maximum absolute atomic E-state index is 12.8. The van der Waals surface area contributed by atoms with Gasteiger partial charge in [-0.1, -0.05) is 30.3 Å². The Kier molecular flexibility index (Phi) is 6.40. The van der Waals surface area contributed by atoms with Crippen LogP contribution in [0.15, 0.2) is 48.5 Å². The second kappa shape index (κ2) is 9.23. The standard InChI is InChI=1S/C26H33N3O3/c1-26(2,3)32-25(31)28-16-14-27(15-17-28)22-11-6-8-20(18-22)19-29-23-12-5-4-9-21(23)10-7-13-24(29)30/h4-6,8-9,11-12,18H,7,10,13-17,19H2,1-3H3. The molecule has 0 atom stereocenters. The number of hydrogen-bond acceptors (Lipinski definition) is 4. The van der Waals surface area contributed by atoms with Crippen molar-refractivity contribution < 1.29 is 14.3 Å². The molecule has 32 heavy (non-hydrogen) atoms. The van der Waals surface area contributed by atoms with Gasteiger partial charge in [0.05, 0.1) is 6.54 Å². The number of piperazine rings is 1. The Morgan fingerprint density at radius 2 is 1.72 bits per heavy atom. The van der Waals surface area contributed by atoms with Crippen molar-refractivity contribution in [3.63, 3.8) is 0 Å². The van der Waals surface area contributed by atoms with Gasteiger partial charge in [0.25, 0.3) is 0 Å². The zero-order chi connectivity index (χ0) is 22.7. The van der Waals surface area contributed by atoms with Gasteiger partial charge < -0.3 is 19.4 Å². The monoisotopic (exact) mass is 435 g/mol. The second-order valence-electron chi connectivity index (χ2n) is 9.59. The van der Waals surface area contributed by atoms with Crippen molar-refractivity contribution >= 4 is 23.4 Å². The third-order valence-electron chi connectivity index (χ3n) is 5.97. The van der Waals surface area contributed by atoms with Crippen LogP contribution < -0.4 is 9.80 Å². The van der Waals surface area contributed by atoms with Crippen molar-refractivity contribution in [2.24, 2.45) is 0 Å². The van der Waals surface area contributed by atoms with Crippen LogP contribution in [0.25, 0.3) is 0 Å². The summed E-state index contributed by atoms with van der Waals surface area (Å²) in [7, 11) is 0. The van der Waals surface area contributed by atoms with E-state index in [4.69, 9.17) is 4.74 Å². The molecule has 0 N–H and O–H groups in total. The third-order valence-corrected chi connectivity index (χ3v) is 5.97. The van der Waals surface area contributed by atoms with Gasteiger partial charge in [-0.25, -0.2) is 4.79 Å². The van der Waals surface area contributed by atoms with E-state index in [-0.39, 0.29) is 12.0 Å². The first-order valence-electron chi connectivity index (χ1n) is 11.5. The summed E-state index contributed by atoms with van der Waals surface area (Å²) < 4.78 is 5.50. The summed E-state index contributed by atoms with van der Waals surface area (Å²) in [5, 5.41) is 0. The smallest absolute Gasteiger partial charge is 0.410 e. The summed E-state index contributed by atoms with van der Waals surface area (Å²) in [6.45, 7) is 9.03. The second-order valence-corrected chi connectivity index (χ2v) is 9.59. The van der Waals surface area contributed by atoms with Crippen molar-refractivity contribution in [1.29, 1.82) is 0 Å². The largest absolute Gasteiger partial charge is 0.444 e. The van der Waals surface area contributed by atoms with Gasteiger partial charge in [-0.2, -0.15) is 0 Å². The molecule has 2 aromatic rings. The van der Waals surface area contributed by atoms with Crippen LogP contribution in [0.2, 0.25) is 0 Å². The number of carbonyl (C=O) groups excluding carboxylic acids is 2. The molecule has 2 aliphatic heterocycles. The third kappa shape index (κ3) is 5.23.